The molecular formula is C45H28N4S. The summed E-state index contributed by atoms with van der Waals surface area (Å²) in [5.74, 6) is 1.98. The Labute approximate surface area is 292 Å². The molecule has 234 valence electrons. The molecule has 3 heterocycles. The van der Waals surface area contributed by atoms with E-state index in [1.165, 1.54) is 42.0 Å². The Kier molecular flexibility index (Phi) is 6.64. The molecule has 4 nitrogen and oxygen atoms in total. The predicted molar refractivity (Wildman–Crippen MR) is 209 cm³/mol. The topological polar surface area (TPSA) is 43.6 Å². The highest BCUT2D eigenvalue weighted by Gasteiger charge is 2.19. The summed E-state index contributed by atoms with van der Waals surface area (Å²) >= 11 is 1.79. The minimum Gasteiger partial charge on any atom is -0.309 e. The van der Waals surface area contributed by atoms with Gasteiger partial charge in [0.2, 0.25) is 0 Å². The van der Waals surface area contributed by atoms with Crippen LogP contribution in [0.4, 0.5) is 0 Å². The maximum Gasteiger partial charge on any atom is 0.165 e. The molecule has 3 aromatic heterocycles. The van der Waals surface area contributed by atoms with Gasteiger partial charge in [-0.15, -0.1) is 11.3 Å². The van der Waals surface area contributed by atoms with E-state index in [0.717, 1.165) is 33.5 Å². The van der Waals surface area contributed by atoms with Gasteiger partial charge in [-0.2, -0.15) is 0 Å². The van der Waals surface area contributed by atoms with Gasteiger partial charge in [0.05, 0.1) is 11.0 Å². The van der Waals surface area contributed by atoms with E-state index in [4.69, 9.17) is 15.0 Å². The number of para-hydroxylation sites is 2. The molecule has 0 saturated carbocycles. The zero-order valence-corrected chi connectivity index (χ0v) is 27.7. The van der Waals surface area contributed by atoms with Crippen LogP contribution in [0.1, 0.15) is 0 Å². The Balaban J connectivity index is 1.18. The van der Waals surface area contributed by atoms with Crippen LogP contribution in [0.5, 0.6) is 0 Å². The molecule has 50 heavy (non-hydrogen) atoms. The molecular weight excluding hydrogens is 629 g/mol. The first-order chi connectivity index (χ1) is 24.8. The normalized spacial score (nSPS) is 11.6. The lowest BCUT2D eigenvalue weighted by Crippen LogP contribution is -2.00. The van der Waals surface area contributed by atoms with Gasteiger partial charge in [0, 0.05) is 53.3 Å². The number of aromatic nitrogens is 4. The standard InChI is InChI=1S/C45H28N4S/c1-3-13-30(14-4-1)43-46-44(31-15-5-2-6-16-31)48-45(47-43)38-28-32(27-37-36-19-9-12-22-41(36)50-42(37)38)29-23-25-33(26-24-29)49-39-20-10-7-17-34(39)35-18-8-11-21-40(35)49/h1-28H. The lowest BCUT2D eigenvalue weighted by molar-refractivity contribution is 1.08. The highest BCUT2D eigenvalue weighted by atomic mass is 32.1. The van der Waals surface area contributed by atoms with E-state index in [0.29, 0.717) is 17.5 Å². The number of benzene rings is 7. The molecule has 0 unspecified atom stereocenters. The number of thiophene rings is 1. The quantitative estimate of drug-likeness (QED) is 0.185. The summed E-state index contributed by atoms with van der Waals surface area (Å²) < 4.78 is 4.76. The van der Waals surface area contributed by atoms with Gasteiger partial charge in [-0.3, -0.25) is 0 Å². The second kappa shape index (κ2) is 11.6. The summed E-state index contributed by atoms with van der Waals surface area (Å²) in [5.41, 5.74) is 8.70. The third-order valence-corrected chi connectivity index (χ3v) is 10.7. The van der Waals surface area contributed by atoms with Crippen molar-refractivity contribution in [2.24, 2.45) is 0 Å². The Bertz CT molecular complexity index is 2740. The first-order valence-corrected chi connectivity index (χ1v) is 17.5. The number of hydrogen-bond donors (Lipinski definition) is 0. The lowest BCUT2D eigenvalue weighted by atomic mass is 9.98. The number of rotatable bonds is 5. The van der Waals surface area contributed by atoms with E-state index >= 15 is 0 Å². The summed E-state index contributed by atoms with van der Waals surface area (Å²) in [7, 11) is 0. The van der Waals surface area contributed by atoms with E-state index in [1.54, 1.807) is 11.3 Å². The predicted octanol–water partition coefficient (Wildman–Crippen LogP) is 12.0. The summed E-state index contributed by atoms with van der Waals surface area (Å²) in [5, 5.41) is 4.95. The molecule has 0 atom stereocenters. The molecule has 0 amide bonds. The van der Waals surface area contributed by atoms with Crippen LogP contribution >= 0.6 is 11.3 Å². The lowest BCUT2D eigenvalue weighted by Gasteiger charge is -2.12. The summed E-state index contributed by atoms with van der Waals surface area (Å²) in [6, 6.07) is 59.7. The van der Waals surface area contributed by atoms with Crippen LogP contribution in [0, 0.1) is 0 Å². The molecule has 0 aliphatic heterocycles. The largest absolute Gasteiger partial charge is 0.309 e. The van der Waals surface area contributed by atoms with Crippen LogP contribution in [0.3, 0.4) is 0 Å². The first kappa shape index (κ1) is 28.6. The van der Waals surface area contributed by atoms with Crippen molar-refractivity contribution in [2.45, 2.75) is 0 Å². The fourth-order valence-corrected chi connectivity index (χ4v) is 8.29. The second-order valence-corrected chi connectivity index (χ2v) is 13.5. The van der Waals surface area contributed by atoms with Gasteiger partial charge in [-0.05, 0) is 53.6 Å². The van der Waals surface area contributed by atoms with Crippen LogP contribution in [-0.2, 0) is 0 Å². The van der Waals surface area contributed by atoms with Crippen molar-refractivity contribution < 1.29 is 0 Å². The minimum atomic E-state index is 0.657. The van der Waals surface area contributed by atoms with Crippen molar-refractivity contribution in [1.29, 1.82) is 0 Å². The van der Waals surface area contributed by atoms with E-state index in [1.807, 2.05) is 36.4 Å². The third-order valence-electron chi connectivity index (χ3n) is 9.46. The van der Waals surface area contributed by atoms with Crippen molar-refractivity contribution >= 4 is 53.3 Å². The van der Waals surface area contributed by atoms with Gasteiger partial charge in [-0.25, -0.2) is 15.0 Å². The molecule has 0 aliphatic carbocycles. The minimum absolute atomic E-state index is 0.657. The van der Waals surface area contributed by atoms with Crippen molar-refractivity contribution in [3.63, 3.8) is 0 Å². The first-order valence-electron chi connectivity index (χ1n) is 16.7. The molecule has 5 heteroatoms. The highest BCUT2D eigenvalue weighted by molar-refractivity contribution is 7.26. The van der Waals surface area contributed by atoms with Gasteiger partial charge in [0.1, 0.15) is 0 Å². The Hall–Kier alpha value is -6.43. The maximum absolute atomic E-state index is 5.14. The molecule has 10 rings (SSSR count). The van der Waals surface area contributed by atoms with E-state index < -0.39 is 0 Å². The summed E-state index contributed by atoms with van der Waals surface area (Å²) in [6.45, 7) is 0. The van der Waals surface area contributed by atoms with Crippen molar-refractivity contribution in [3.8, 4) is 51.0 Å². The SMILES string of the molecule is c1ccc(-c2nc(-c3ccccc3)nc(-c3cc(-c4ccc(-n5c6ccccc6c6ccccc65)cc4)cc4c3sc3ccccc34)n2)cc1. The molecule has 0 bridgehead atoms. The summed E-state index contributed by atoms with van der Waals surface area (Å²) in [4.78, 5) is 15.2. The van der Waals surface area contributed by atoms with Gasteiger partial charge < -0.3 is 4.57 Å². The molecule has 0 fully saturated rings. The van der Waals surface area contributed by atoms with Gasteiger partial charge >= 0.3 is 0 Å². The summed E-state index contributed by atoms with van der Waals surface area (Å²) in [6.07, 6.45) is 0. The Morgan fingerprint density at radius 1 is 0.380 bits per heavy atom. The number of fused-ring (bicyclic) bond motifs is 6. The molecule has 0 aliphatic rings. The molecule has 0 N–H and O–H groups in total. The van der Waals surface area contributed by atoms with Crippen LogP contribution in [0.25, 0.3) is 93.0 Å². The fourth-order valence-electron chi connectivity index (χ4n) is 7.09. The van der Waals surface area contributed by atoms with Crippen LogP contribution in [0.15, 0.2) is 170 Å². The van der Waals surface area contributed by atoms with E-state index in [9.17, 15) is 0 Å². The monoisotopic (exact) mass is 656 g/mol. The number of nitrogens with zero attached hydrogens (tertiary/aromatic N) is 4. The molecule has 0 radical (unpaired) electrons. The van der Waals surface area contributed by atoms with Crippen molar-refractivity contribution in [3.05, 3.63) is 170 Å². The maximum atomic E-state index is 5.14. The smallest absolute Gasteiger partial charge is 0.165 e. The third kappa shape index (κ3) is 4.71. The zero-order valence-electron chi connectivity index (χ0n) is 26.9. The average molecular weight is 657 g/mol. The second-order valence-electron chi connectivity index (χ2n) is 12.5. The molecule has 0 spiro atoms. The molecule has 10 aromatic rings. The average Bonchev–Trinajstić information content (AvgIpc) is 3.74. The van der Waals surface area contributed by atoms with E-state index in [-0.39, 0.29) is 0 Å². The van der Waals surface area contributed by atoms with Crippen molar-refractivity contribution in [2.75, 3.05) is 0 Å². The van der Waals surface area contributed by atoms with Gasteiger partial charge in [0.15, 0.2) is 17.5 Å². The number of hydrogen-bond acceptors (Lipinski definition) is 4. The van der Waals surface area contributed by atoms with Gasteiger partial charge in [-0.1, -0.05) is 127 Å². The fraction of sp³-hybridized carbons (Fsp3) is 0. The van der Waals surface area contributed by atoms with Crippen molar-refractivity contribution in [1.82, 2.24) is 19.5 Å². The molecule has 7 aromatic carbocycles. The van der Waals surface area contributed by atoms with E-state index in [2.05, 4.69) is 138 Å². The Morgan fingerprint density at radius 2 is 0.900 bits per heavy atom. The van der Waals surface area contributed by atoms with Crippen LogP contribution in [-0.4, -0.2) is 19.5 Å². The van der Waals surface area contributed by atoms with Gasteiger partial charge in [0.25, 0.3) is 0 Å². The van der Waals surface area contributed by atoms with Crippen LogP contribution in [0.2, 0.25) is 0 Å². The van der Waals surface area contributed by atoms with Crippen LogP contribution < -0.4 is 0 Å². The Morgan fingerprint density at radius 3 is 1.52 bits per heavy atom. The highest BCUT2D eigenvalue weighted by Crippen LogP contribution is 2.43. The molecule has 0 saturated heterocycles. The zero-order chi connectivity index (χ0) is 33.0.